The zero-order valence-corrected chi connectivity index (χ0v) is 15.1. The van der Waals surface area contributed by atoms with Crippen LogP contribution in [0.5, 0.6) is 23.0 Å². The number of methoxy groups -OCH3 is 4. The molecule has 0 aliphatic heterocycles. The van der Waals surface area contributed by atoms with Gasteiger partial charge in [0, 0.05) is 20.9 Å². The number of carbonyl (C=O) groups is 2. The predicted octanol–water partition coefficient (Wildman–Crippen LogP) is 3.50. The van der Waals surface area contributed by atoms with Gasteiger partial charge in [-0.1, -0.05) is 11.8 Å². The van der Waals surface area contributed by atoms with Crippen molar-refractivity contribution in [3.05, 3.63) is 35.4 Å². The van der Waals surface area contributed by atoms with Gasteiger partial charge >= 0.3 is 0 Å². The van der Waals surface area contributed by atoms with Gasteiger partial charge in [-0.2, -0.15) is 0 Å². The first kappa shape index (κ1) is 18.7. The van der Waals surface area contributed by atoms with Crippen LogP contribution in [0, 0.1) is 0 Å². The molecular weight excluding hydrogens is 344 g/mol. The van der Waals surface area contributed by atoms with Gasteiger partial charge in [-0.05, 0) is 24.3 Å². The molecule has 25 heavy (non-hydrogen) atoms. The first-order valence-electron chi connectivity index (χ1n) is 7.22. The summed E-state index contributed by atoms with van der Waals surface area (Å²) in [6, 6.07) is 6.57. The number of hydrogen-bond donors (Lipinski definition) is 0. The van der Waals surface area contributed by atoms with E-state index in [0.29, 0.717) is 43.9 Å². The van der Waals surface area contributed by atoms with Gasteiger partial charge in [0.1, 0.15) is 0 Å². The lowest BCUT2D eigenvalue weighted by molar-refractivity contribution is 0.111. The lowest BCUT2D eigenvalue weighted by atomic mass is 10.2. The summed E-state index contributed by atoms with van der Waals surface area (Å²) in [5, 5.41) is 0. The van der Waals surface area contributed by atoms with Crippen LogP contribution in [0.3, 0.4) is 0 Å². The van der Waals surface area contributed by atoms with Crippen molar-refractivity contribution in [2.75, 3.05) is 28.4 Å². The van der Waals surface area contributed by atoms with E-state index < -0.39 is 0 Å². The molecule has 0 amide bonds. The number of hydrogen-bond acceptors (Lipinski definition) is 7. The Morgan fingerprint density at radius 2 is 0.960 bits per heavy atom. The van der Waals surface area contributed by atoms with E-state index in [0.717, 1.165) is 12.6 Å². The van der Waals surface area contributed by atoms with Crippen LogP contribution in [0.2, 0.25) is 0 Å². The van der Waals surface area contributed by atoms with E-state index >= 15 is 0 Å². The monoisotopic (exact) mass is 362 g/mol. The average molecular weight is 362 g/mol. The smallest absolute Gasteiger partial charge is 0.161 e. The molecule has 0 fully saturated rings. The minimum Gasteiger partial charge on any atom is -0.493 e. The van der Waals surface area contributed by atoms with Gasteiger partial charge < -0.3 is 18.9 Å². The number of ether oxygens (including phenoxy) is 4. The molecule has 132 valence electrons. The van der Waals surface area contributed by atoms with Crippen LogP contribution in [0.15, 0.2) is 34.1 Å². The quantitative estimate of drug-likeness (QED) is 0.666. The number of benzene rings is 2. The summed E-state index contributed by atoms with van der Waals surface area (Å²) in [7, 11) is 6.02. The van der Waals surface area contributed by atoms with Crippen LogP contribution in [0.4, 0.5) is 0 Å². The second-order valence-corrected chi connectivity index (χ2v) is 5.91. The molecule has 7 heteroatoms. The molecule has 0 saturated carbocycles. The summed E-state index contributed by atoms with van der Waals surface area (Å²) >= 11 is 1.25. The summed E-state index contributed by atoms with van der Waals surface area (Å²) in [5.41, 5.74) is 0.851. The minimum absolute atomic E-state index is 0.425. The summed E-state index contributed by atoms with van der Waals surface area (Å²) < 4.78 is 21.0. The molecule has 0 radical (unpaired) electrons. The highest BCUT2D eigenvalue weighted by Crippen LogP contribution is 2.41. The van der Waals surface area contributed by atoms with Gasteiger partial charge in [-0.3, -0.25) is 9.59 Å². The molecule has 2 rings (SSSR count). The molecule has 0 heterocycles. The fourth-order valence-corrected chi connectivity index (χ4v) is 3.25. The Morgan fingerprint density at radius 1 is 0.640 bits per heavy atom. The second-order valence-electron chi connectivity index (χ2n) is 4.83. The highest BCUT2D eigenvalue weighted by molar-refractivity contribution is 7.99. The van der Waals surface area contributed by atoms with Crippen LogP contribution in [-0.2, 0) is 0 Å². The van der Waals surface area contributed by atoms with Crippen molar-refractivity contribution in [1.29, 1.82) is 0 Å². The third kappa shape index (κ3) is 3.88. The molecule has 0 aromatic heterocycles. The van der Waals surface area contributed by atoms with Crippen LogP contribution in [0.25, 0.3) is 0 Å². The maximum absolute atomic E-state index is 11.4. The molecule has 0 unspecified atom stereocenters. The van der Waals surface area contributed by atoms with Crippen LogP contribution >= 0.6 is 11.8 Å². The third-order valence-electron chi connectivity index (χ3n) is 3.51. The topological polar surface area (TPSA) is 71.1 Å². The summed E-state index contributed by atoms with van der Waals surface area (Å²) in [5.74, 6) is 1.89. The number of carbonyl (C=O) groups excluding carboxylic acids is 2. The molecule has 6 nitrogen and oxygen atoms in total. The van der Waals surface area contributed by atoms with Gasteiger partial charge in [-0.15, -0.1) is 0 Å². The zero-order valence-electron chi connectivity index (χ0n) is 14.3. The van der Waals surface area contributed by atoms with E-state index in [9.17, 15) is 9.59 Å². The van der Waals surface area contributed by atoms with Crippen molar-refractivity contribution in [1.82, 2.24) is 0 Å². The largest absolute Gasteiger partial charge is 0.493 e. The summed E-state index contributed by atoms with van der Waals surface area (Å²) in [6.07, 6.45) is 1.46. The standard InChI is InChI=1S/C18H18O6S/c1-21-13-5-11(9-19)17(7-15(13)23-3)25-18-8-16(24-4)14(22-2)6-12(18)10-20/h5-10H,1-4H3. The molecule has 0 saturated heterocycles. The molecule has 0 aliphatic rings. The van der Waals surface area contributed by atoms with Crippen molar-refractivity contribution in [2.45, 2.75) is 9.79 Å². The van der Waals surface area contributed by atoms with Gasteiger partial charge in [0.05, 0.1) is 28.4 Å². The van der Waals surface area contributed by atoms with E-state index in [1.807, 2.05) is 0 Å². The molecule has 2 aromatic rings. The highest BCUT2D eigenvalue weighted by Gasteiger charge is 2.16. The fraction of sp³-hybridized carbons (Fsp3) is 0.222. The molecule has 0 atom stereocenters. The van der Waals surface area contributed by atoms with Gasteiger partial charge in [0.2, 0.25) is 0 Å². The minimum atomic E-state index is 0.425. The van der Waals surface area contributed by atoms with E-state index in [2.05, 4.69) is 0 Å². The van der Waals surface area contributed by atoms with Crippen LogP contribution in [0.1, 0.15) is 20.7 Å². The molecule has 0 spiro atoms. The van der Waals surface area contributed by atoms with Crippen LogP contribution < -0.4 is 18.9 Å². The first-order chi connectivity index (χ1) is 12.1. The van der Waals surface area contributed by atoms with Gasteiger partial charge in [0.25, 0.3) is 0 Å². The lowest BCUT2D eigenvalue weighted by Crippen LogP contribution is -1.97. The van der Waals surface area contributed by atoms with Crippen molar-refractivity contribution in [3.63, 3.8) is 0 Å². The second kappa shape index (κ2) is 8.43. The van der Waals surface area contributed by atoms with Gasteiger partial charge in [-0.25, -0.2) is 0 Å². The molecule has 0 bridgehead atoms. The Labute approximate surface area is 150 Å². The third-order valence-corrected chi connectivity index (χ3v) is 4.65. The predicted molar refractivity (Wildman–Crippen MR) is 94.0 cm³/mol. The van der Waals surface area contributed by atoms with E-state index in [4.69, 9.17) is 18.9 Å². The van der Waals surface area contributed by atoms with Crippen LogP contribution in [-0.4, -0.2) is 41.0 Å². The highest BCUT2D eigenvalue weighted by atomic mass is 32.2. The molecule has 2 aromatic carbocycles. The zero-order chi connectivity index (χ0) is 18.4. The Hall–Kier alpha value is -2.67. The fourth-order valence-electron chi connectivity index (χ4n) is 2.23. The normalized spacial score (nSPS) is 10.1. The van der Waals surface area contributed by atoms with Crippen molar-refractivity contribution in [3.8, 4) is 23.0 Å². The first-order valence-corrected chi connectivity index (χ1v) is 8.03. The SMILES string of the molecule is COc1cc(C=O)c(Sc2cc(OC)c(OC)cc2C=O)cc1OC. The summed E-state index contributed by atoms with van der Waals surface area (Å²) in [4.78, 5) is 24.1. The van der Waals surface area contributed by atoms with Crippen molar-refractivity contribution >= 4 is 24.3 Å². The van der Waals surface area contributed by atoms with Crippen molar-refractivity contribution in [2.24, 2.45) is 0 Å². The number of aldehydes is 2. The van der Waals surface area contributed by atoms with Crippen molar-refractivity contribution < 1.29 is 28.5 Å². The summed E-state index contributed by atoms with van der Waals surface area (Å²) in [6.45, 7) is 0. The Morgan fingerprint density at radius 3 is 1.24 bits per heavy atom. The van der Waals surface area contributed by atoms with E-state index in [1.165, 1.54) is 40.2 Å². The van der Waals surface area contributed by atoms with E-state index in [1.54, 1.807) is 24.3 Å². The van der Waals surface area contributed by atoms with E-state index in [-0.39, 0.29) is 0 Å². The number of rotatable bonds is 8. The molecule has 0 N–H and O–H groups in total. The average Bonchev–Trinajstić information content (AvgIpc) is 2.66. The maximum Gasteiger partial charge on any atom is 0.161 e. The molecular formula is C18H18O6S. The van der Waals surface area contributed by atoms with Gasteiger partial charge in [0.15, 0.2) is 35.6 Å². The molecule has 0 aliphatic carbocycles. The Bertz CT molecular complexity index is 722. The Kier molecular flexibility index (Phi) is 6.30. The maximum atomic E-state index is 11.4. The lowest BCUT2D eigenvalue weighted by Gasteiger charge is -2.14. The Balaban J connectivity index is 2.55.